The van der Waals surface area contributed by atoms with Gasteiger partial charge < -0.3 is 10.1 Å². The van der Waals surface area contributed by atoms with Gasteiger partial charge in [0, 0.05) is 5.02 Å². The van der Waals surface area contributed by atoms with Crippen LogP contribution in [0, 0.1) is 0 Å². The van der Waals surface area contributed by atoms with Gasteiger partial charge in [0.05, 0.1) is 11.7 Å². The van der Waals surface area contributed by atoms with E-state index >= 15 is 0 Å². The Labute approximate surface area is 88.5 Å². The quantitative estimate of drug-likeness (QED) is 0.718. The minimum atomic E-state index is 0.181. The number of rotatable bonds is 1. The molecule has 0 aliphatic carbocycles. The van der Waals surface area contributed by atoms with Crippen molar-refractivity contribution in [3.63, 3.8) is 0 Å². The van der Waals surface area contributed by atoms with E-state index in [0.717, 1.165) is 17.0 Å². The lowest BCUT2D eigenvalue weighted by molar-refractivity contribution is 0.297. The Morgan fingerprint density at radius 1 is 1.64 bits per heavy atom. The summed E-state index contributed by atoms with van der Waals surface area (Å²) in [6.07, 6.45) is 0. The fourth-order valence-electron chi connectivity index (χ4n) is 1.41. The molecule has 0 saturated carbocycles. The molecule has 14 heavy (non-hydrogen) atoms. The highest BCUT2D eigenvalue weighted by atomic mass is 35.5. The molecule has 0 radical (unpaired) electrons. The predicted octanol–water partition coefficient (Wildman–Crippen LogP) is 3.09. The summed E-state index contributed by atoms with van der Waals surface area (Å²) in [5.74, 6) is 0.854. The normalized spacial score (nSPS) is 19.1. The second-order valence-electron chi connectivity index (χ2n) is 3.49. The maximum absolute atomic E-state index is 5.89. The number of ether oxygens (including phenoxy) is 1. The van der Waals surface area contributed by atoms with Gasteiger partial charge in [0.15, 0.2) is 0 Å². The third-order valence-electron chi connectivity index (χ3n) is 2.27. The minimum Gasteiger partial charge on any atom is -0.489 e. The number of fused-ring (bicyclic) bond motifs is 1. The lowest BCUT2D eigenvalue weighted by Crippen LogP contribution is -2.31. The van der Waals surface area contributed by atoms with Crippen molar-refractivity contribution in [1.29, 1.82) is 0 Å². The van der Waals surface area contributed by atoms with E-state index in [1.807, 2.05) is 25.1 Å². The third-order valence-corrected chi connectivity index (χ3v) is 2.51. The highest BCUT2D eigenvalue weighted by Gasteiger charge is 2.18. The van der Waals surface area contributed by atoms with Crippen LogP contribution >= 0.6 is 11.6 Å². The zero-order chi connectivity index (χ0) is 10.1. The molecule has 1 N–H and O–H groups in total. The number of benzene rings is 1. The molecule has 1 aromatic rings. The molecule has 1 aliphatic rings. The van der Waals surface area contributed by atoms with E-state index in [4.69, 9.17) is 16.3 Å². The van der Waals surface area contributed by atoms with E-state index in [1.165, 1.54) is 0 Å². The summed E-state index contributed by atoms with van der Waals surface area (Å²) < 4.78 is 5.57. The van der Waals surface area contributed by atoms with Crippen LogP contribution < -0.4 is 10.1 Å². The molecule has 0 amide bonds. The molecule has 0 saturated heterocycles. The number of hydrogen-bond acceptors (Lipinski definition) is 2. The molecule has 1 aliphatic heterocycles. The monoisotopic (exact) mass is 209 g/mol. The van der Waals surface area contributed by atoms with Gasteiger partial charge >= 0.3 is 0 Å². The number of hydrogen-bond donors (Lipinski definition) is 1. The zero-order valence-electron chi connectivity index (χ0n) is 8.01. The zero-order valence-corrected chi connectivity index (χ0v) is 8.77. The minimum absolute atomic E-state index is 0.181. The van der Waals surface area contributed by atoms with Gasteiger partial charge in [-0.15, -0.1) is 0 Å². The van der Waals surface area contributed by atoms with Crippen molar-refractivity contribution in [1.82, 2.24) is 0 Å². The Hall–Kier alpha value is -1.15. The molecule has 1 atom stereocenters. The second-order valence-corrected chi connectivity index (χ2v) is 3.93. The molecule has 74 valence electrons. The van der Waals surface area contributed by atoms with Gasteiger partial charge in [-0.25, -0.2) is 0 Å². The molecular formula is C11H12ClNO. The molecule has 2 rings (SSSR count). The van der Waals surface area contributed by atoms with Crippen molar-refractivity contribution in [2.45, 2.75) is 13.0 Å². The summed E-state index contributed by atoms with van der Waals surface area (Å²) in [6, 6.07) is 5.75. The lowest BCUT2D eigenvalue weighted by atomic mass is 10.1. The predicted molar refractivity (Wildman–Crippen MR) is 59.2 cm³/mol. The van der Waals surface area contributed by atoms with Crippen molar-refractivity contribution < 1.29 is 4.74 Å². The van der Waals surface area contributed by atoms with Crippen LogP contribution in [0.15, 0.2) is 30.4 Å². The highest BCUT2D eigenvalue weighted by molar-refractivity contribution is 6.30. The molecule has 2 nitrogen and oxygen atoms in total. The van der Waals surface area contributed by atoms with Gasteiger partial charge in [0.1, 0.15) is 12.4 Å². The molecule has 0 bridgehead atoms. The summed E-state index contributed by atoms with van der Waals surface area (Å²) in [4.78, 5) is 0. The van der Waals surface area contributed by atoms with Crippen molar-refractivity contribution in [2.24, 2.45) is 0 Å². The van der Waals surface area contributed by atoms with Crippen LogP contribution in [0.4, 0.5) is 5.69 Å². The fourth-order valence-corrected chi connectivity index (χ4v) is 1.58. The summed E-state index contributed by atoms with van der Waals surface area (Å²) in [5, 5.41) is 4.04. The summed E-state index contributed by atoms with van der Waals surface area (Å²) in [7, 11) is 0. The van der Waals surface area contributed by atoms with Gasteiger partial charge in [0.2, 0.25) is 0 Å². The van der Waals surface area contributed by atoms with E-state index in [9.17, 15) is 0 Å². The first-order valence-electron chi connectivity index (χ1n) is 4.51. The molecule has 1 heterocycles. The maximum atomic E-state index is 5.89. The van der Waals surface area contributed by atoms with Crippen molar-refractivity contribution in [3.8, 4) is 5.75 Å². The van der Waals surface area contributed by atoms with Gasteiger partial charge in [-0.3, -0.25) is 0 Å². The average molecular weight is 210 g/mol. The first-order chi connectivity index (χ1) is 6.66. The van der Waals surface area contributed by atoms with Crippen molar-refractivity contribution in [3.05, 3.63) is 35.4 Å². The first-order valence-corrected chi connectivity index (χ1v) is 4.89. The van der Waals surface area contributed by atoms with Crippen LogP contribution in [-0.2, 0) is 0 Å². The van der Waals surface area contributed by atoms with E-state index < -0.39 is 0 Å². The lowest BCUT2D eigenvalue weighted by Gasteiger charge is -2.27. The Balaban J connectivity index is 2.29. The van der Waals surface area contributed by atoms with Crippen molar-refractivity contribution in [2.75, 3.05) is 11.9 Å². The average Bonchev–Trinajstić information content (AvgIpc) is 2.16. The van der Waals surface area contributed by atoms with Crippen LogP contribution in [0.5, 0.6) is 5.75 Å². The Morgan fingerprint density at radius 2 is 2.43 bits per heavy atom. The molecule has 1 unspecified atom stereocenters. The molecule has 0 spiro atoms. The van der Waals surface area contributed by atoms with Gasteiger partial charge in [-0.2, -0.15) is 0 Å². The van der Waals surface area contributed by atoms with Crippen LogP contribution in [0.3, 0.4) is 0 Å². The van der Waals surface area contributed by atoms with Crippen LogP contribution in [0.1, 0.15) is 6.92 Å². The summed E-state index contributed by atoms with van der Waals surface area (Å²) in [6.45, 7) is 6.51. The van der Waals surface area contributed by atoms with Crippen molar-refractivity contribution >= 4 is 17.3 Å². The second kappa shape index (κ2) is 3.54. The Kier molecular flexibility index (Phi) is 2.38. The summed E-state index contributed by atoms with van der Waals surface area (Å²) >= 11 is 5.89. The van der Waals surface area contributed by atoms with Crippen LogP contribution in [-0.4, -0.2) is 12.6 Å². The van der Waals surface area contributed by atoms with E-state index in [2.05, 4.69) is 11.9 Å². The first kappa shape index (κ1) is 9.41. The number of nitrogens with one attached hydrogen (secondary N) is 1. The molecule has 1 aromatic carbocycles. The number of anilines is 1. The van der Waals surface area contributed by atoms with Crippen LogP contribution in [0.2, 0.25) is 5.02 Å². The van der Waals surface area contributed by atoms with Gasteiger partial charge in [-0.05, 0) is 25.1 Å². The highest BCUT2D eigenvalue weighted by Crippen LogP contribution is 2.32. The van der Waals surface area contributed by atoms with Gasteiger partial charge in [-0.1, -0.05) is 23.8 Å². The smallest absolute Gasteiger partial charge is 0.142 e. The summed E-state index contributed by atoms with van der Waals surface area (Å²) in [5.41, 5.74) is 2.01. The van der Waals surface area contributed by atoms with E-state index in [1.54, 1.807) is 0 Å². The standard InChI is InChI=1S/C11H12ClNO/c1-7(2)10-6-14-11-4-3-8(12)5-9(11)13-10/h3-5,10,13H,1,6H2,2H3. The van der Waals surface area contributed by atoms with E-state index in [0.29, 0.717) is 11.6 Å². The Morgan fingerprint density at radius 3 is 3.14 bits per heavy atom. The Bertz CT molecular complexity index is 376. The topological polar surface area (TPSA) is 21.3 Å². The van der Waals surface area contributed by atoms with E-state index in [-0.39, 0.29) is 6.04 Å². The molecule has 3 heteroatoms. The van der Waals surface area contributed by atoms with Crippen LogP contribution in [0.25, 0.3) is 0 Å². The molecular weight excluding hydrogens is 198 g/mol. The molecule has 0 aromatic heterocycles. The number of halogens is 1. The molecule has 0 fully saturated rings. The SMILES string of the molecule is C=C(C)C1COc2ccc(Cl)cc2N1. The maximum Gasteiger partial charge on any atom is 0.142 e. The fraction of sp³-hybridized carbons (Fsp3) is 0.273. The largest absolute Gasteiger partial charge is 0.489 e. The van der Waals surface area contributed by atoms with Gasteiger partial charge in [0.25, 0.3) is 0 Å². The third kappa shape index (κ3) is 1.70.